The molecule has 0 spiro atoms. The maximum atomic E-state index is 12.3. The molecule has 1 heterocycles. The van der Waals surface area contributed by atoms with Crippen LogP contribution in [0.2, 0.25) is 5.02 Å². The van der Waals surface area contributed by atoms with E-state index in [1.54, 1.807) is 25.4 Å². The molecule has 0 aliphatic carbocycles. The Morgan fingerprint density at radius 3 is 2.54 bits per heavy atom. The summed E-state index contributed by atoms with van der Waals surface area (Å²) in [6, 6.07) is 5.28. The number of halogens is 1. The van der Waals surface area contributed by atoms with Gasteiger partial charge in [-0.1, -0.05) is 11.6 Å². The van der Waals surface area contributed by atoms with E-state index < -0.39 is 5.44 Å². The number of amides is 1. The standard InChI is InChI=1S/C17H21ClN2O3S/c1-17(2,3)20-15(21)16(24-5)23-11-6-10-7-12(22-4)9-19-14(10)13(18)8-11/h6-9,16H,1-5H3,(H,20,21). The number of nitrogens with one attached hydrogen (secondary N) is 1. The Kier molecular flexibility index (Phi) is 5.83. The highest BCUT2D eigenvalue weighted by Crippen LogP contribution is 2.31. The Labute approximate surface area is 151 Å². The van der Waals surface area contributed by atoms with Crippen molar-refractivity contribution in [2.75, 3.05) is 13.4 Å². The van der Waals surface area contributed by atoms with Crippen molar-refractivity contribution in [3.05, 3.63) is 29.4 Å². The highest BCUT2D eigenvalue weighted by molar-refractivity contribution is 7.99. The fourth-order valence-corrected chi connectivity index (χ4v) is 2.85. The summed E-state index contributed by atoms with van der Waals surface area (Å²) in [7, 11) is 1.57. The Morgan fingerprint density at radius 1 is 1.29 bits per heavy atom. The van der Waals surface area contributed by atoms with Crippen LogP contribution in [0.1, 0.15) is 20.8 Å². The second-order valence-electron chi connectivity index (χ2n) is 6.28. The van der Waals surface area contributed by atoms with Gasteiger partial charge >= 0.3 is 0 Å². The van der Waals surface area contributed by atoms with Crippen molar-refractivity contribution in [2.45, 2.75) is 31.7 Å². The largest absolute Gasteiger partial charge is 0.495 e. The lowest BCUT2D eigenvalue weighted by Crippen LogP contribution is -2.46. The van der Waals surface area contributed by atoms with Gasteiger partial charge in [-0.25, -0.2) is 0 Å². The predicted molar refractivity (Wildman–Crippen MR) is 99.1 cm³/mol. The molecule has 5 nitrogen and oxygen atoms in total. The molecule has 7 heteroatoms. The van der Waals surface area contributed by atoms with Gasteiger partial charge in [0, 0.05) is 17.0 Å². The number of carbonyl (C=O) groups excluding carboxylic acids is 1. The number of hydrogen-bond donors (Lipinski definition) is 1. The van der Waals surface area contributed by atoms with Gasteiger partial charge in [0.1, 0.15) is 11.5 Å². The molecule has 1 amide bonds. The smallest absolute Gasteiger partial charge is 0.272 e. The van der Waals surface area contributed by atoms with Gasteiger partial charge in [-0.05, 0) is 39.2 Å². The van der Waals surface area contributed by atoms with Crippen LogP contribution in [0.4, 0.5) is 0 Å². The summed E-state index contributed by atoms with van der Waals surface area (Å²) in [6.07, 6.45) is 3.43. The number of methoxy groups -OCH3 is 1. The van der Waals surface area contributed by atoms with Gasteiger partial charge in [0.25, 0.3) is 5.91 Å². The van der Waals surface area contributed by atoms with E-state index >= 15 is 0 Å². The first kappa shape index (κ1) is 18.7. The van der Waals surface area contributed by atoms with Gasteiger partial charge in [-0.2, -0.15) is 0 Å². The first-order valence-corrected chi connectivity index (χ1v) is 9.05. The Balaban J connectivity index is 2.29. The third-order valence-corrected chi connectivity index (χ3v) is 4.12. The first-order valence-electron chi connectivity index (χ1n) is 7.38. The summed E-state index contributed by atoms with van der Waals surface area (Å²) in [5, 5.41) is 4.15. The molecule has 1 unspecified atom stereocenters. The van der Waals surface area contributed by atoms with Crippen LogP contribution in [0, 0.1) is 0 Å². The minimum Gasteiger partial charge on any atom is -0.495 e. The number of ether oxygens (including phenoxy) is 2. The molecule has 0 saturated carbocycles. The Morgan fingerprint density at radius 2 is 1.96 bits per heavy atom. The molecule has 130 valence electrons. The first-order chi connectivity index (χ1) is 11.2. The molecular weight excluding hydrogens is 348 g/mol. The third-order valence-electron chi connectivity index (χ3n) is 3.09. The Hall–Kier alpha value is -1.66. The zero-order chi connectivity index (χ0) is 17.9. The molecule has 0 bridgehead atoms. The average molecular weight is 369 g/mol. The predicted octanol–water partition coefficient (Wildman–Crippen LogP) is 3.88. The number of rotatable bonds is 5. The van der Waals surface area contributed by atoms with Crippen molar-refractivity contribution in [1.82, 2.24) is 10.3 Å². The quantitative estimate of drug-likeness (QED) is 0.811. The van der Waals surface area contributed by atoms with Crippen molar-refractivity contribution in [3.63, 3.8) is 0 Å². The lowest BCUT2D eigenvalue weighted by molar-refractivity contribution is -0.125. The minimum atomic E-state index is -0.670. The zero-order valence-electron chi connectivity index (χ0n) is 14.3. The van der Waals surface area contributed by atoms with Gasteiger partial charge in [0.2, 0.25) is 5.44 Å². The maximum absolute atomic E-state index is 12.3. The van der Waals surface area contributed by atoms with E-state index in [4.69, 9.17) is 21.1 Å². The molecule has 0 saturated heterocycles. The van der Waals surface area contributed by atoms with Crippen LogP contribution >= 0.6 is 23.4 Å². The monoisotopic (exact) mass is 368 g/mol. The topological polar surface area (TPSA) is 60.5 Å². The number of fused-ring (bicyclic) bond motifs is 1. The number of pyridine rings is 1. The van der Waals surface area contributed by atoms with Gasteiger partial charge in [-0.15, -0.1) is 11.8 Å². The van der Waals surface area contributed by atoms with E-state index in [-0.39, 0.29) is 11.4 Å². The van der Waals surface area contributed by atoms with E-state index in [2.05, 4.69) is 10.3 Å². The average Bonchev–Trinajstić information content (AvgIpc) is 2.50. The maximum Gasteiger partial charge on any atom is 0.272 e. The summed E-state index contributed by atoms with van der Waals surface area (Å²) in [6.45, 7) is 5.77. The molecule has 0 aliphatic heterocycles. The lowest BCUT2D eigenvalue weighted by atomic mass is 10.1. The molecule has 24 heavy (non-hydrogen) atoms. The van der Waals surface area contributed by atoms with Crippen LogP contribution in [0.5, 0.6) is 11.5 Å². The van der Waals surface area contributed by atoms with Gasteiger partial charge < -0.3 is 14.8 Å². The normalized spacial score (nSPS) is 12.8. The molecule has 1 atom stereocenters. The summed E-state index contributed by atoms with van der Waals surface area (Å²) >= 11 is 7.59. The summed E-state index contributed by atoms with van der Waals surface area (Å²) in [5.41, 5.74) is -0.340. The molecular formula is C17H21ClN2O3S. The number of nitrogens with zero attached hydrogens (tertiary/aromatic N) is 1. The number of hydrogen-bond acceptors (Lipinski definition) is 5. The van der Waals surface area contributed by atoms with Gasteiger partial charge in [0.15, 0.2) is 0 Å². The van der Waals surface area contributed by atoms with Crippen LogP contribution in [0.25, 0.3) is 10.9 Å². The summed E-state index contributed by atoms with van der Waals surface area (Å²) < 4.78 is 11.0. The summed E-state index contributed by atoms with van der Waals surface area (Å²) in [5.74, 6) is 0.948. The SMILES string of the molecule is COc1cnc2c(Cl)cc(OC(SC)C(=O)NC(C)(C)C)cc2c1. The molecule has 2 aromatic rings. The zero-order valence-corrected chi connectivity index (χ0v) is 15.9. The number of benzene rings is 1. The van der Waals surface area contributed by atoms with Crippen LogP contribution in [-0.2, 0) is 4.79 Å². The van der Waals surface area contributed by atoms with Gasteiger partial charge in [-0.3, -0.25) is 9.78 Å². The molecule has 0 radical (unpaired) electrons. The van der Waals surface area contributed by atoms with Crippen LogP contribution in [-0.4, -0.2) is 35.2 Å². The van der Waals surface area contributed by atoms with E-state index in [1.165, 1.54) is 11.8 Å². The van der Waals surface area contributed by atoms with Crippen molar-refractivity contribution >= 4 is 40.2 Å². The molecule has 0 fully saturated rings. The molecule has 2 rings (SSSR count). The number of thioether (sulfide) groups is 1. The molecule has 0 aliphatic rings. The van der Waals surface area contributed by atoms with Crippen molar-refractivity contribution < 1.29 is 14.3 Å². The highest BCUT2D eigenvalue weighted by atomic mass is 35.5. The second-order valence-corrected chi connectivity index (χ2v) is 7.58. The van der Waals surface area contributed by atoms with E-state index in [0.717, 1.165) is 5.39 Å². The van der Waals surface area contributed by atoms with Crippen LogP contribution in [0.15, 0.2) is 24.4 Å². The minimum absolute atomic E-state index is 0.185. The highest BCUT2D eigenvalue weighted by Gasteiger charge is 2.24. The van der Waals surface area contributed by atoms with E-state index in [9.17, 15) is 4.79 Å². The van der Waals surface area contributed by atoms with Crippen molar-refractivity contribution in [3.8, 4) is 11.5 Å². The third kappa shape index (κ3) is 4.68. The van der Waals surface area contributed by atoms with Crippen molar-refractivity contribution in [1.29, 1.82) is 0 Å². The van der Waals surface area contributed by atoms with Crippen LogP contribution < -0.4 is 14.8 Å². The fourth-order valence-electron chi connectivity index (χ4n) is 2.10. The molecule has 1 N–H and O–H groups in total. The summed E-state index contributed by atoms with van der Waals surface area (Å²) in [4.78, 5) is 16.6. The molecule has 1 aromatic heterocycles. The van der Waals surface area contributed by atoms with E-state index in [1.807, 2.05) is 33.1 Å². The molecule has 1 aromatic carbocycles. The van der Waals surface area contributed by atoms with Crippen molar-refractivity contribution in [2.24, 2.45) is 0 Å². The van der Waals surface area contributed by atoms with Gasteiger partial charge in [0.05, 0.1) is 23.8 Å². The van der Waals surface area contributed by atoms with Crippen LogP contribution in [0.3, 0.4) is 0 Å². The number of carbonyl (C=O) groups is 1. The Bertz CT molecular complexity index is 746. The lowest BCUT2D eigenvalue weighted by Gasteiger charge is -2.24. The number of aromatic nitrogens is 1. The van der Waals surface area contributed by atoms with E-state index in [0.29, 0.717) is 22.0 Å². The fraction of sp³-hybridized carbons (Fsp3) is 0.412. The second kappa shape index (κ2) is 7.49.